The fraction of sp³-hybridized carbons (Fsp3) is 0.538. The van der Waals surface area contributed by atoms with Crippen molar-refractivity contribution in [2.45, 2.75) is 25.7 Å². The molecule has 0 bridgehead atoms. The molecule has 0 atom stereocenters. The standard InChI is InChI=1S/C13H18N4O/c1-2-18-11-4-3-9-17-13(11)15-12(16-17)10-5-7-14-8-6-10/h3-4,9-10,14H,2,5-8H2,1H3. The molecule has 0 aromatic carbocycles. The van der Waals surface area contributed by atoms with Crippen molar-refractivity contribution >= 4 is 5.65 Å². The molecule has 0 unspecified atom stereocenters. The number of hydrogen-bond donors (Lipinski definition) is 1. The number of ether oxygens (including phenoxy) is 1. The molecule has 1 N–H and O–H groups in total. The van der Waals surface area contributed by atoms with E-state index in [1.807, 2.05) is 29.8 Å². The summed E-state index contributed by atoms with van der Waals surface area (Å²) in [6, 6.07) is 3.89. The normalized spacial score (nSPS) is 17.2. The minimum Gasteiger partial charge on any atom is -0.490 e. The van der Waals surface area contributed by atoms with Crippen LogP contribution in [0.25, 0.3) is 5.65 Å². The summed E-state index contributed by atoms with van der Waals surface area (Å²) in [6.07, 6.45) is 4.15. The Labute approximate surface area is 106 Å². The van der Waals surface area contributed by atoms with Crippen LogP contribution in [-0.2, 0) is 0 Å². The van der Waals surface area contributed by atoms with Crippen LogP contribution in [0.1, 0.15) is 31.5 Å². The van der Waals surface area contributed by atoms with E-state index in [-0.39, 0.29) is 0 Å². The lowest BCUT2D eigenvalue weighted by Gasteiger charge is -2.19. The minimum atomic E-state index is 0.473. The van der Waals surface area contributed by atoms with Gasteiger partial charge in [0.05, 0.1) is 6.61 Å². The van der Waals surface area contributed by atoms with Crippen LogP contribution in [0.3, 0.4) is 0 Å². The second-order valence-electron chi connectivity index (χ2n) is 4.57. The predicted molar refractivity (Wildman–Crippen MR) is 69.0 cm³/mol. The zero-order chi connectivity index (χ0) is 12.4. The van der Waals surface area contributed by atoms with Crippen LogP contribution in [0.2, 0.25) is 0 Å². The Bertz CT molecular complexity index is 531. The summed E-state index contributed by atoms with van der Waals surface area (Å²) >= 11 is 0. The van der Waals surface area contributed by atoms with Gasteiger partial charge in [-0.15, -0.1) is 0 Å². The van der Waals surface area contributed by atoms with Gasteiger partial charge in [-0.3, -0.25) is 0 Å². The molecule has 3 rings (SSSR count). The molecule has 18 heavy (non-hydrogen) atoms. The number of nitrogens with zero attached hydrogens (tertiary/aromatic N) is 3. The van der Waals surface area contributed by atoms with Gasteiger partial charge in [-0.2, -0.15) is 5.10 Å². The molecule has 5 heteroatoms. The van der Waals surface area contributed by atoms with Gasteiger partial charge < -0.3 is 10.1 Å². The van der Waals surface area contributed by atoms with Crippen LogP contribution in [0.4, 0.5) is 0 Å². The lowest BCUT2D eigenvalue weighted by Crippen LogP contribution is -2.27. The van der Waals surface area contributed by atoms with E-state index in [9.17, 15) is 0 Å². The Balaban J connectivity index is 1.96. The number of fused-ring (bicyclic) bond motifs is 1. The van der Waals surface area contributed by atoms with Crippen molar-refractivity contribution in [2.75, 3.05) is 19.7 Å². The van der Waals surface area contributed by atoms with Crippen LogP contribution in [0.5, 0.6) is 5.75 Å². The van der Waals surface area contributed by atoms with Crippen LogP contribution in [-0.4, -0.2) is 34.3 Å². The van der Waals surface area contributed by atoms with Crippen LogP contribution in [0.15, 0.2) is 18.3 Å². The maximum Gasteiger partial charge on any atom is 0.198 e. The van der Waals surface area contributed by atoms with Crippen molar-refractivity contribution in [1.82, 2.24) is 19.9 Å². The second-order valence-corrected chi connectivity index (χ2v) is 4.57. The number of hydrogen-bond acceptors (Lipinski definition) is 4. The zero-order valence-corrected chi connectivity index (χ0v) is 10.6. The smallest absolute Gasteiger partial charge is 0.198 e. The molecule has 96 valence electrons. The van der Waals surface area contributed by atoms with Crippen molar-refractivity contribution in [3.8, 4) is 5.75 Å². The van der Waals surface area contributed by atoms with Crippen molar-refractivity contribution in [3.05, 3.63) is 24.2 Å². The molecule has 2 aromatic rings. The van der Waals surface area contributed by atoms with E-state index in [0.717, 1.165) is 43.2 Å². The first-order chi connectivity index (χ1) is 8.88. The average molecular weight is 246 g/mol. The topological polar surface area (TPSA) is 51.5 Å². The van der Waals surface area contributed by atoms with Gasteiger partial charge in [-0.25, -0.2) is 9.50 Å². The maximum atomic E-state index is 5.58. The molecule has 1 fully saturated rings. The molecule has 0 spiro atoms. The van der Waals surface area contributed by atoms with E-state index in [4.69, 9.17) is 4.74 Å². The predicted octanol–water partition coefficient (Wildman–Crippen LogP) is 1.59. The Kier molecular flexibility index (Phi) is 3.15. The van der Waals surface area contributed by atoms with E-state index in [0.29, 0.717) is 12.5 Å². The number of nitrogens with one attached hydrogen (secondary N) is 1. The van der Waals surface area contributed by atoms with Crippen molar-refractivity contribution < 1.29 is 4.74 Å². The van der Waals surface area contributed by atoms with Crippen LogP contribution >= 0.6 is 0 Å². The largest absolute Gasteiger partial charge is 0.490 e. The third kappa shape index (κ3) is 2.06. The van der Waals surface area contributed by atoms with E-state index in [1.165, 1.54) is 0 Å². The molecule has 0 amide bonds. The van der Waals surface area contributed by atoms with Gasteiger partial charge in [-0.1, -0.05) is 0 Å². The first-order valence-electron chi connectivity index (χ1n) is 6.57. The highest BCUT2D eigenvalue weighted by Crippen LogP contribution is 2.25. The molecular weight excluding hydrogens is 228 g/mol. The highest BCUT2D eigenvalue weighted by Gasteiger charge is 2.20. The van der Waals surface area contributed by atoms with Gasteiger partial charge in [0, 0.05) is 12.1 Å². The first kappa shape index (κ1) is 11.5. The van der Waals surface area contributed by atoms with Gasteiger partial charge in [0.1, 0.15) is 0 Å². The first-order valence-corrected chi connectivity index (χ1v) is 6.57. The fourth-order valence-electron chi connectivity index (χ4n) is 2.42. The summed E-state index contributed by atoms with van der Waals surface area (Å²) in [5, 5.41) is 7.94. The Morgan fingerprint density at radius 3 is 3.06 bits per heavy atom. The van der Waals surface area contributed by atoms with E-state index < -0.39 is 0 Å². The van der Waals surface area contributed by atoms with E-state index in [2.05, 4.69) is 15.4 Å². The van der Waals surface area contributed by atoms with Crippen molar-refractivity contribution in [1.29, 1.82) is 0 Å². The van der Waals surface area contributed by atoms with E-state index >= 15 is 0 Å². The molecular formula is C13H18N4O. The molecule has 1 aliphatic heterocycles. The van der Waals surface area contributed by atoms with Gasteiger partial charge in [-0.05, 0) is 45.0 Å². The molecule has 5 nitrogen and oxygen atoms in total. The Hall–Kier alpha value is -1.62. The third-order valence-corrected chi connectivity index (χ3v) is 3.35. The van der Waals surface area contributed by atoms with E-state index in [1.54, 1.807) is 0 Å². The fourth-order valence-corrected chi connectivity index (χ4v) is 2.42. The quantitative estimate of drug-likeness (QED) is 0.893. The maximum absolute atomic E-state index is 5.58. The summed E-state index contributed by atoms with van der Waals surface area (Å²) in [7, 11) is 0. The Morgan fingerprint density at radius 2 is 2.28 bits per heavy atom. The summed E-state index contributed by atoms with van der Waals surface area (Å²) in [5.74, 6) is 2.23. The molecule has 2 aromatic heterocycles. The van der Waals surface area contributed by atoms with Crippen LogP contribution in [0, 0.1) is 0 Å². The molecule has 0 aliphatic carbocycles. The molecule has 0 radical (unpaired) electrons. The summed E-state index contributed by atoms with van der Waals surface area (Å²) in [4.78, 5) is 4.65. The number of piperidine rings is 1. The van der Waals surface area contributed by atoms with Gasteiger partial charge in [0.15, 0.2) is 17.2 Å². The molecule has 1 saturated heterocycles. The summed E-state index contributed by atoms with van der Waals surface area (Å²) in [6.45, 7) is 4.74. The Morgan fingerprint density at radius 1 is 1.44 bits per heavy atom. The summed E-state index contributed by atoms with van der Waals surface area (Å²) in [5.41, 5.74) is 0.827. The number of pyridine rings is 1. The second kappa shape index (κ2) is 4.94. The SMILES string of the molecule is CCOc1cccn2nc(C3CCNCC3)nc12. The van der Waals surface area contributed by atoms with Gasteiger partial charge in [0.2, 0.25) is 0 Å². The lowest BCUT2D eigenvalue weighted by atomic mass is 9.98. The monoisotopic (exact) mass is 246 g/mol. The molecule has 3 heterocycles. The average Bonchev–Trinajstić information content (AvgIpc) is 2.85. The number of aromatic nitrogens is 3. The highest BCUT2D eigenvalue weighted by atomic mass is 16.5. The third-order valence-electron chi connectivity index (χ3n) is 3.35. The summed E-state index contributed by atoms with van der Waals surface area (Å²) < 4.78 is 7.41. The van der Waals surface area contributed by atoms with Crippen molar-refractivity contribution in [2.24, 2.45) is 0 Å². The minimum absolute atomic E-state index is 0.473. The van der Waals surface area contributed by atoms with Crippen LogP contribution < -0.4 is 10.1 Å². The van der Waals surface area contributed by atoms with Crippen molar-refractivity contribution in [3.63, 3.8) is 0 Å². The van der Waals surface area contributed by atoms with Gasteiger partial charge in [0.25, 0.3) is 0 Å². The lowest BCUT2D eigenvalue weighted by molar-refractivity contribution is 0.342. The van der Waals surface area contributed by atoms with Gasteiger partial charge >= 0.3 is 0 Å². The zero-order valence-electron chi connectivity index (χ0n) is 10.6. The number of rotatable bonds is 3. The molecule has 1 aliphatic rings. The molecule has 0 saturated carbocycles. The highest BCUT2D eigenvalue weighted by molar-refractivity contribution is 5.52.